The van der Waals surface area contributed by atoms with Crippen molar-refractivity contribution in [1.29, 1.82) is 0 Å². The van der Waals surface area contributed by atoms with Gasteiger partial charge in [0.25, 0.3) is 0 Å². The van der Waals surface area contributed by atoms with Gasteiger partial charge < -0.3 is 5.73 Å². The van der Waals surface area contributed by atoms with Crippen molar-refractivity contribution in [3.05, 3.63) is 35.1 Å². The molecule has 2 aromatic rings. The summed E-state index contributed by atoms with van der Waals surface area (Å²) in [5, 5.41) is -0.132. The third-order valence-corrected chi connectivity index (χ3v) is 1.92. The molecular formula is C9H5ClF2N4. The van der Waals surface area contributed by atoms with Crippen LogP contribution in [0.3, 0.4) is 0 Å². The normalized spacial score (nSPS) is 10.4. The van der Waals surface area contributed by atoms with Gasteiger partial charge in [-0.25, -0.2) is 8.78 Å². The molecule has 1 aromatic carbocycles. The van der Waals surface area contributed by atoms with E-state index in [9.17, 15) is 8.78 Å². The van der Waals surface area contributed by atoms with Gasteiger partial charge in [0.05, 0.1) is 0 Å². The Labute approximate surface area is 94.1 Å². The summed E-state index contributed by atoms with van der Waals surface area (Å²) in [6.45, 7) is 0. The molecule has 0 spiro atoms. The molecule has 1 aromatic heterocycles. The molecule has 0 aliphatic rings. The lowest BCUT2D eigenvalue weighted by Gasteiger charge is -2.01. The second-order valence-corrected chi connectivity index (χ2v) is 3.28. The summed E-state index contributed by atoms with van der Waals surface area (Å²) in [7, 11) is 0. The fourth-order valence-electron chi connectivity index (χ4n) is 1.18. The SMILES string of the molecule is Nc1nc(Cl)nc(-c2cc(F)cc(F)c2)n1. The van der Waals surface area contributed by atoms with Crippen molar-refractivity contribution in [2.45, 2.75) is 0 Å². The third-order valence-electron chi connectivity index (χ3n) is 1.75. The van der Waals surface area contributed by atoms with Crippen molar-refractivity contribution >= 4 is 17.5 Å². The number of nitrogens with zero attached hydrogens (tertiary/aromatic N) is 3. The molecule has 0 aliphatic carbocycles. The van der Waals surface area contributed by atoms with E-state index in [1.807, 2.05) is 0 Å². The monoisotopic (exact) mass is 242 g/mol. The maximum Gasteiger partial charge on any atom is 0.227 e. The van der Waals surface area contributed by atoms with Gasteiger partial charge in [0.1, 0.15) is 11.6 Å². The molecule has 0 unspecified atom stereocenters. The van der Waals surface area contributed by atoms with Gasteiger partial charge >= 0.3 is 0 Å². The smallest absolute Gasteiger partial charge is 0.227 e. The number of nitrogen functional groups attached to an aromatic ring is 1. The maximum atomic E-state index is 12.9. The van der Waals surface area contributed by atoms with Gasteiger partial charge in [-0.3, -0.25) is 0 Å². The number of hydrogen-bond donors (Lipinski definition) is 1. The summed E-state index contributed by atoms with van der Waals surface area (Å²) in [4.78, 5) is 11.0. The molecule has 16 heavy (non-hydrogen) atoms. The Bertz CT molecular complexity index is 457. The fraction of sp³-hybridized carbons (Fsp3) is 0. The van der Waals surface area contributed by atoms with Crippen LogP contribution in [0.4, 0.5) is 14.7 Å². The van der Waals surface area contributed by atoms with E-state index in [0.29, 0.717) is 0 Å². The highest BCUT2D eigenvalue weighted by Gasteiger charge is 2.08. The molecule has 0 saturated carbocycles. The molecule has 0 atom stereocenters. The van der Waals surface area contributed by atoms with Crippen LogP contribution in [0.25, 0.3) is 11.4 Å². The number of anilines is 1. The van der Waals surface area contributed by atoms with Crippen molar-refractivity contribution < 1.29 is 8.78 Å². The van der Waals surface area contributed by atoms with Crippen molar-refractivity contribution in [2.75, 3.05) is 5.73 Å². The van der Waals surface area contributed by atoms with E-state index in [1.54, 1.807) is 0 Å². The first kappa shape index (κ1) is 10.7. The van der Waals surface area contributed by atoms with E-state index in [0.717, 1.165) is 18.2 Å². The first-order valence-corrected chi connectivity index (χ1v) is 4.56. The van der Waals surface area contributed by atoms with Crippen LogP contribution in [-0.4, -0.2) is 15.0 Å². The van der Waals surface area contributed by atoms with E-state index in [-0.39, 0.29) is 22.6 Å². The lowest BCUT2D eigenvalue weighted by molar-refractivity contribution is 0.584. The van der Waals surface area contributed by atoms with Crippen LogP contribution in [0, 0.1) is 11.6 Å². The Morgan fingerprint density at radius 2 is 1.62 bits per heavy atom. The van der Waals surface area contributed by atoms with Gasteiger partial charge in [-0.1, -0.05) is 0 Å². The molecule has 7 heteroatoms. The standard InChI is InChI=1S/C9H5ClF2N4/c10-8-14-7(15-9(13)16-8)4-1-5(11)3-6(12)2-4/h1-3H,(H2,13,14,15,16). The molecule has 0 bridgehead atoms. The highest BCUT2D eigenvalue weighted by molar-refractivity contribution is 6.28. The van der Waals surface area contributed by atoms with Crippen molar-refractivity contribution in [2.24, 2.45) is 0 Å². The number of nitrogens with two attached hydrogens (primary N) is 1. The highest BCUT2D eigenvalue weighted by atomic mass is 35.5. The molecular weight excluding hydrogens is 238 g/mol. The quantitative estimate of drug-likeness (QED) is 0.831. The zero-order chi connectivity index (χ0) is 11.7. The third kappa shape index (κ3) is 2.22. The van der Waals surface area contributed by atoms with Gasteiger partial charge in [0.2, 0.25) is 11.2 Å². The van der Waals surface area contributed by atoms with Crippen molar-refractivity contribution in [1.82, 2.24) is 15.0 Å². The lowest BCUT2D eigenvalue weighted by Crippen LogP contribution is -2.00. The van der Waals surface area contributed by atoms with Crippen LogP contribution < -0.4 is 5.73 Å². The summed E-state index contributed by atoms with van der Waals surface area (Å²) >= 11 is 5.55. The topological polar surface area (TPSA) is 64.7 Å². The molecule has 0 radical (unpaired) electrons. The lowest BCUT2D eigenvalue weighted by atomic mass is 10.2. The number of rotatable bonds is 1. The number of aromatic nitrogens is 3. The van der Waals surface area contributed by atoms with Gasteiger partial charge in [-0.2, -0.15) is 15.0 Å². The summed E-state index contributed by atoms with van der Waals surface area (Å²) < 4.78 is 25.9. The second-order valence-electron chi connectivity index (χ2n) is 2.94. The molecule has 82 valence electrons. The van der Waals surface area contributed by atoms with E-state index < -0.39 is 11.6 Å². The average molecular weight is 243 g/mol. The van der Waals surface area contributed by atoms with Gasteiger partial charge in [-0.05, 0) is 23.7 Å². The number of halogens is 3. The Hall–Kier alpha value is -1.82. The van der Waals surface area contributed by atoms with E-state index in [1.165, 1.54) is 0 Å². The summed E-state index contributed by atoms with van der Waals surface area (Å²) in [5.74, 6) is -1.55. The first-order chi connectivity index (χ1) is 7.54. The molecule has 0 saturated heterocycles. The highest BCUT2D eigenvalue weighted by Crippen LogP contribution is 2.19. The molecule has 2 N–H and O–H groups in total. The van der Waals surface area contributed by atoms with Crippen LogP contribution in [-0.2, 0) is 0 Å². The summed E-state index contributed by atoms with van der Waals surface area (Å²) in [6.07, 6.45) is 0. The van der Waals surface area contributed by atoms with Crippen LogP contribution in [0.1, 0.15) is 0 Å². The van der Waals surface area contributed by atoms with Gasteiger partial charge in [0, 0.05) is 11.6 Å². The van der Waals surface area contributed by atoms with Gasteiger partial charge in [-0.15, -0.1) is 0 Å². The maximum absolute atomic E-state index is 12.9. The Morgan fingerprint density at radius 3 is 2.19 bits per heavy atom. The predicted octanol–water partition coefficient (Wildman–Crippen LogP) is 2.05. The minimum absolute atomic E-state index is 0.0240. The van der Waals surface area contributed by atoms with Crippen molar-refractivity contribution in [3.8, 4) is 11.4 Å². The largest absolute Gasteiger partial charge is 0.368 e. The number of benzene rings is 1. The van der Waals surface area contributed by atoms with Crippen LogP contribution in [0.15, 0.2) is 18.2 Å². The second kappa shape index (κ2) is 3.97. The van der Waals surface area contributed by atoms with Crippen molar-refractivity contribution in [3.63, 3.8) is 0 Å². The molecule has 0 fully saturated rings. The molecule has 2 rings (SSSR count). The molecule has 1 heterocycles. The van der Waals surface area contributed by atoms with Crippen LogP contribution in [0.2, 0.25) is 5.28 Å². The van der Waals surface area contributed by atoms with E-state index in [4.69, 9.17) is 17.3 Å². The Balaban J connectivity index is 2.57. The summed E-state index contributed by atoms with van der Waals surface area (Å²) in [6, 6.07) is 2.90. The molecule has 0 aliphatic heterocycles. The zero-order valence-electron chi connectivity index (χ0n) is 7.78. The minimum atomic E-state index is -0.731. The Kier molecular flexibility index (Phi) is 2.66. The molecule has 4 nitrogen and oxygen atoms in total. The van der Waals surface area contributed by atoms with E-state index >= 15 is 0 Å². The fourth-order valence-corrected chi connectivity index (χ4v) is 1.34. The van der Waals surface area contributed by atoms with Gasteiger partial charge in [0.15, 0.2) is 5.82 Å². The number of hydrogen-bond acceptors (Lipinski definition) is 4. The first-order valence-electron chi connectivity index (χ1n) is 4.18. The Morgan fingerprint density at radius 1 is 1.00 bits per heavy atom. The van der Waals surface area contributed by atoms with Crippen LogP contribution >= 0.6 is 11.6 Å². The van der Waals surface area contributed by atoms with E-state index in [2.05, 4.69) is 15.0 Å². The summed E-state index contributed by atoms with van der Waals surface area (Å²) in [5.41, 5.74) is 5.49. The molecule has 0 amide bonds. The van der Waals surface area contributed by atoms with Crippen LogP contribution in [0.5, 0.6) is 0 Å². The minimum Gasteiger partial charge on any atom is -0.368 e. The average Bonchev–Trinajstić information content (AvgIpc) is 2.14. The predicted molar refractivity (Wildman–Crippen MR) is 54.6 cm³/mol. The zero-order valence-corrected chi connectivity index (χ0v) is 8.54.